The van der Waals surface area contributed by atoms with Gasteiger partial charge < -0.3 is 0 Å². The monoisotopic (exact) mass is 309 g/mol. The number of halogens is 1. The largest absolute Gasteiger partial charge is 0.299 e. The molecular weight excluding hydrogens is 289 g/mol. The van der Waals surface area contributed by atoms with E-state index in [1.54, 1.807) is 10.7 Å². The predicted octanol–water partition coefficient (Wildman–Crippen LogP) is 3.98. The van der Waals surface area contributed by atoms with Gasteiger partial charge in [-0.1, -0.05) is 18.2 Å². The van der Waals surface area contributed by atoms with E-state index >= 15 is 0 Å². The minimum absolute atomic E-state index is 0.176. The van der Waals surface area contributed by atoms with E-state index in [9.17, 15) is 4.39 Å². The van der Waals surface area contributed by atoms with E-state index in [-0.39, 0.29) is 5.82 Å². The zero-order valence-electron chi connectivity index (χ0n) is 13.3. The highest BCUT2D eigenvalue weighted by Gasteiger charge is 2.14. The summed E-state index contributed by atoms with van der Waals surface area (Å²) < 4.78 is 16.1. The number of fused-ring (bicyclic) bond motifs is 1. The lowest BCUT2D eigenvalue weighted by Crippen LogP contribution is -2.18. The molecule has 3 aromatic rings. The zero-order chi connectivity index (χ0) is 15.8. The molecule has 1 saturated heterocycles. The second-order valence-electron chi connectivity index (χ2n) is 6.37. The third kappa shape index (κ3) is 2.86. The van der Waals surface area contributed by atoms with Crippen LogP contribution in [0.1, 0.15) is 18.4 Å². The van der Waals surface area contributed by atoms with Crippen LogP contribution in [0.15, 0.2) is 42.6 Å². The van der Waals surface area contributed by atoms with Gasteiger partial charge in [-0.25, -0.2) is 4.39 Å². The minimum Gasteiger partial charge on any atom is -0.299 e. The van der Waals surface area contributed by atoms with Gasteiger partial charge in [0.15, 0.2) is 0 Å². The molecule has 0 amide bonds. The van der Waals surface area contributed by atoms with E-state index in [1.165, 1.54) is 18.4 Å². The van der Waals surface area contributed by atoms with E-state index in [1.807, 2.05) is 43.6 Å². The average molecular weight is 309 g/mol. The Labute approximate surface area is 135 Å². The Bertz CT molecular complexity index is 847. The van der Waals surface area contributed by atoms with Crippen LogP contribution in [-0.2, 0) is 13.6 Å². The first kappa shape index (κ1) is 14.4. The van der Waals surface area contributed by atoms with Gasteiger partial charge in [0.2, 0.25) is 0 Å². The maximum absolute atomic E-state index is 14.3. The van der Waals surface area contributed by atoms with Gasteiger partial charge in [0.05, 0.1) is 5.52 Å². The van der Waals surface area contributed by atoms with Crippen molar-refractivity contribution in [3.05, 3.63) is 54.0 Å². The molecule has 118 valence electrons. The molecule has 0 unspecified atom stereocenters. The van der Waals surface area contributed by atoms with Crippen molar-refractivity contribution in [3.63, 3.8) is 0 Å². The summed E-state index contributed by atoms with van der Waals surface area (Å²) in [6.45, 7) is 3.19. The molecule has 23 heavy (non-hydrogen) atoms. The van der Waals surface area contributed by atoms with Gasteiger partial charge in [-0.2, -0.15) is 5.10 Å². The van der Waals surface area contributed by atoms with Crippen LogP contribution in [-0.4, -0.2) is 27.8 Å². The fourth-order valence-corrected chi connectivity index (χ4v) is 3.40. The SMILES string of the molecule is Cn1cc2ccc(-c3cc(CN4CCCC4)ccc3F)cc2n1. The van der Waals surface area contributed by atoms with Crippen molar-refractivity contribution in [2.45, 2.75) is 19.4 Å². The summed E-state index contributed by atoms with van der Waals surface area (Å²) in [7, 11) is 1.90. The lowest BCUT2D eigenvalue weighted by atomic mass is 10.0. The highest BCUT2D eigenvalue weighted by Crippen LogP contribution is 2.27. The van der Waals surface area contributed by atoms with Crippen LogP contribution in [0.4, 0.5) is 4.39 Å². The standard InChI is InChI=1S/C19H20FN3/c1-22-13-16-6-5-15(11-19(16)21-22)17-10-14(4-7-18(17)20)12-23-8-2-3-9-23/h4-7,10-11,13H,2-3,8-9,12H2,1H3. The smallest absolute Gasteiger partial charge is 0.131 e. The van der Waals surface area contributed by atoms with Crippen molar-refractivity contribution in [2.75, 3.05) is 13.1 Å². The predicted molar refractivity (Wildman–Crippen MR) is 90.6 cm³/mol. The number of hydrogen-bond donors (Lipinski definition) is 0. The lowest BCUT2D eigenvalue weighted by Gasteiger charge is -2.15. The van der Waals surface area contributed by atoms with Gasteiger partial charge in [-0.05, 0) is 55.3 Å². The van der Waals surface area contributed by atoms with Gasteiger partial charge in [-0.3, -0.25) is 9.58 Å². The van der Waals surface area contributed by atoms with Gasteiger partial charge in [-0.15, -0.1) is 0 Å². The summed E-state index contributed by atoms with van der Waals surface area (Å²) in [5, 5.41) is 5.49. The maximum Gasteiger partial charge on any atom is 0.131 e. The minimum atomic E-state index is -0.176. The molecule has 1 aliphatic rings. The third-order valence-electron chi connectivity index (χ3n) is 4.57. The second-order valence-corrected chi connectivity index (χ2v) is 6.37. The van der Waals surface area contributed by atoms with Crippen LogP contribution < -0.4 is 0 Å². The van der Waals surface area contributed by atoms with Crippen LogP contribution in [0, 0.1) is 5.82 Å². The molecule has 0 spiro atoms. The number of likely N-dealkylation sites (tertiary alicyclic amines) is 1. The van der Waals surface area contributed by atoms with E-state index in [2.05, 4.69) is 10.00 Å². The lowest BCUT2D eigenvalue weighted by molar-refractivity contribution is 0.331. The average Bonchev–Trinajstić information content (AvgIpc) is 3.16. The Kier molecular flexibility index (Phi) is 3.62. The second kappa shape index (κ2) is 5.78. The van der Waals surface area contributed by atoms with Crippen LogP contribution >= 0.6 is 0 Å². The topological polar surface area (TPSA) is 21.1 Å². The van der Waals surface area contributed by atoms with E-state index < -0.39 is 0 Å². The number of nitrogens with zero attached hydrogens (tertiary/aromatic N) is 3. The Hall–Kier alpha value is -2.20. The van der Waals surface area contributed by atoms with Crippen molar-refractivity contribution in [2.24, 2.45) is 7.05 Å². The zero-order valence-corrected chi connectivity index (χ0v) is 13.3. The summed E-state index contributed by atoms with van der Waals surface area (Å²) in [5.41, 5.74) is 3.62. The first-order valence-corrected chi connectivity index (χ1v) is 8.13. The fraction of sp³-hybridized carbons (Fsp3) is 0.316. The number of aromatic nitrogens is 2. The van der Waals surface area contributed by atoms with Crippen molar-refractivity contribution in [1.29, 1.82) is 0 Å². The normalized spacial score (nSPS) is 15.6. The third-order valence-corrected chi connectivity index (χ3v) is 4.57. The highest BCUT2D eigenvalue weighted by molar-refractivity contribution is 5.84. The first-order valence-electron chi connectivity index (χ1n) is 8.13. The van der Waals surface area contributed by atoms with Gasteiger partial charge in [0, 0.05) is 30.7 Å². The molecule has 4 heteroatoms. The van der Waals surface area contributed by atoms with Crippen molar-refractivity contribution >= 4 is 10.9 Å². The molecule has 0 radical (unpaired) electrons. The van der Waals surface area contributed by atoms with Gasteiger partial charge in [0.25, 0.3) is 0 Å². The van der Waals surface area contributed by atoms with Crippen LogP contribution in [0.5, 0.6) is 0 Å². The molecular formula is C19H20FN3. The number of hydrogen-bond acceptors (Lipinski definition) is 2. The molecule has 0 aliphatic carbocycles. The first-order chi connectivity index (χ1) is 11.2. The Balaban J connectivity index is 1.70. The molecule has 2 heterocycles. The Morgan fingerprint density at radius 2 is 1.91 bits per heavy atom. The molecule has 1 fully saturated rings. The quantitative estimate of drug-likeness (QED) is 0.730. The van der Waals surface area contributed by atoms with Crippen molar-refractivity contribution in [3.8, 4) is 11.1 Å². The molecule has 1 aliphatic heterocycles. The van der Waals surface area contributed by atoms with Crippen LogP contribution in [0.2, 0.25) is 0 Å². The summed E-state index contributed by atoms with van der Waals surface area (Å²) >= 11 is 0. The molecule has 0 bridgehead atoms. The Morgan fingerprint density at radius 1 is 1.09 bits per heavy atom. The summed E-state index contributed by atoms with van der Waals surface area (Å²) in [5.74, 6) is -0.176. The number of benzene rings is 2. The molecule has 1 aromatic heterocycles. The fourth-order valence-electron chi connectivity index (χ4n) is 3.40. The number of aryl methyl sites for hydroxylation is 1. The molecule has 2 aromatic carbocycles. The Morgan fingerprint density at radius 3 is 2.74 bits per heavy atom. The van der Waals surface area contributed by atoms with Gasteiger partial charge >= 0.3 is 0 Å². The molecule has 0 N–H and O–H groups in total. The maximum atomic E-state index is 14.3. The van der Waals surface area contributed by atoms with E-state index in [0.29, 0.717) is 5.56 Å². The van der Waals surface area contributed by atoms with Crippen LogP contribution in [0.25, 0.3) is 22.0 Å². The van der Waals surface area contributed by atoms with Crippen molar-refractivity contribution in [1.82, 2.24) is 14.7 Å². The van der Waals surface area contributed by atoms with E-state index in [0.717, 1.165) is 36.1 Å². The number of rotatable bonds is 3. The van der Waals surface area contributed by atoms with Crippen molar-refractivity contribution < 1.29 is 4.39 Å². The molecule has 0 saturated carbocycles. The summed E-state index contributed by atoms with van der Waals surface area (Å²) in [4.78, 5) is 2.43. The highest BCUT2D eigenvalue weighted by atomic mass is 19.1. The molecule has 0 atom stereocenters. The van der Waals surface area contributed by atoms with E-state index in [4.69, 9.17) is 0 Å². The van der Waals surface area contributed by atoms with Gasteiger partial charge in [0.1, 0.15) is 5.82 Å². The summed E-state index contributed by atoms with van der Waals surface area (Å²) in [6.07, 6.45) is 4.51. The van der Waals surface area contributed by atoms with Crippen LogP contribution in [0.3, 0.4) is 0 Å². The summed E-state index contributed by atoms with van der Waals surface area (Å²) in [6, 6.07) is 11.4. The molecule has 3 nitrogen and oxygen atoms in total. The molecule has 4 rings (SSSR count).